The van der Waals surface area contributed by atoms with Crippen molar-refractivity contribution in [2.75, 3.05) is 19.8 Å². The van der Waals surface area contributed by atoms with E-state index in [0.29, 0.717) is 30.4 Å². The molecule has 2 aliphatic rings. The molecule has 2 aliphatic heterocycles. The highest BCUT2D eigenvalue weighted by Gasteiger charge is 2.36. The van der Waals surface area contributed by atoms with Crippen LogP contribution in [0.4, 0.5) is 0 Å². The van der Waals surface area contributed by atoms with Crippen LogP contribution in [-0.4, -0.2) is 32.5 Å². The first kappa shape index (κ1) is 17.5. The number of fused-ring (bicyclic) bond motifs is 2. The van der Waals surface area contributed by atoms with Gasteiger partial charge in [-0.3, -0.25) is 0 Å². The first-order valence-electron chi connectivity index (χ1n) is 9.53. The van der Waals surface area contributed by atoms with Crippen LogP contribution < -0.4 is 9.47 Å². The van der Waals surface area contributed by atoms with Gasteiger partial charge in [0.25, 0.3) is 0 Å². The molecular weight excluding hydrogens is 374 g/mol. The lowest BCUT2D eigenvalue weighted by Crippen LogP contribution is -2.30. The Labute approximate surface area is 164 Å². The fraction of sp³-hybridized carbons (Fsp3) is 0.273. The summed E-state index contributed by atoms with van der Waals surface area (Å²) in [4.78, 5) is 0.343. The van der Waals surface area contributed by atoms with E-state index in [1.54, 1.807) is 16.4 Å². The van der Waals surface area contributed by atoms with Crippen molar-refractivity contribution in [1.29, 1.82) is 0 Å². The quantitative estimate of drug-likeness (QED) is 0.669. The van der Waals surface area contributed by atoms with Gasteiger partial charge in [-0.25, -0.2) is 8.42 Å². The van der Waals surface area contributed by atoms with Gasteiger partial charge in [0.15, 0.2) is 11.5 Å². The van der Waals surface area contributed by atoms with Crippen LogP contribution in [0, 0.1) is 0 Å². The Bertz CT molecular complexity index is 1140. The van der Waals surface area contributed by atoms with Crippen molar-refractivity contribution in [2.24, 2.45) is 0 Å². The highest BCUT2D eigenvalue weighted by molar-refractivity contribution is 7.89. The molecule has 1 atom stereocenters. The maximum absolute atomic E-state index is 13.4. The van der Waals surface area contributed by atoms with Crippen LogP contribution in [0.1, 0.15) is 24.4 Å². The van der Waals surface area contributed by atoms with E-state index < -0.39 is 10.0 Å². The zero-order valence-electron chi connectivity index (χ0n) is 15.4. The van der Waals surface area contributed by atoms with E-state index >= 15 is 0 Å². The van der Waals surface area contributed by atoms with Gasteiger partial charge in [0.1, 0.15) is 13.2 Å². The normalized spacial score (nSPS) is 19.8. The molecule has 3 aromatic rings. The first-order valence-corrected chi connectivity index (χ1v) is 11.0. The lowest BCUT2D eigenvalue weighted by molar-refractivity contribution is 0.171. The van der Waals surface area contributed by atoms with Gasteiger partial charge in [-0.2, -0.15) is 4.31 Å². The number of sulfonamides is 1. The number of ether oxygens (including phenoxy) is 2. The minimum absolute atomic E-state index is 0.188. The third kappa shape index (κ3) is 2.93. The van der Waals surface area contributed by atoms with Crippen molar-refractivity contribution in [3.63, 3.8) is 0 Å². The van der Waals surface area contributed by atoms with Crippen LogP contribution in [0.3, 0.4) is 0 Å². The van der Waals surface area contributed by atoms with E-state index in [2.05, 4.69) is 0 Å². The number of nitrogens with zero attached hydrogens (tertiary/aromatic N) is 1. The largest absolute Gasteiger partial charge is 0.486 e. The highest BCUT2D eigenvalue weighted by atomic mass is 32.2. The summed E-state index contributed by atoms with van der Waals surface area (Å²) in [5.74, 6) is 1.41. The second kappa shape index (κ2) is 6.79. The third-order valence-electron chi connectivity index (χ3n) is 5.48. The molecular formula is C22H21NO4S. The zero-order chi connectivity index (χ0) is 19.1. The molecule has 28 heavy (non-hydrogen) atoms. The van der Waals surface area contributed by atoms with E-state index in [-0.39, 0.29) is 6.04 Å². The van der Waals surface area contributed by atoms with Crippen molar-refractivity contribution in [3.8, 4) is 11.5 Å². The van der Waals surface area contributed by atoms with E-state index in [0.717, 1.165) is 34.9 Å². The molecule has 2 heterocycles. The summed E-state index contributed by atoms with van der Waals surface area (Å²) in [6, 6.07) is 18.7. The maximum atomic E-state index is 13.4. The molecule has 5 nitrogen and oxygen atoms in total. The van der Waals surface area contributed by atoms with Crippen molar-refractivity contribution in [1.82, 2.24) is 4.31 Å². The molecule has 1 saturated heterocycles. The molecule has 0 saturated carbocycles. The molecule has 0 N–H and O–H groups in total. The molecule has 0 aliphatic carbocycles. The lowest BCUT2D eigenvalue weighted by Gasteiger charge is -2.26. The fourth-order valence-corrected chi connectivity index (χ4v) is 5.81. The summed E-state index contributed by atoms with van der Waals surface area (Å²) in [7, 11) is -3.59. The summed E-state index contributed by atoms with van der Waals surface area (Å²) < 4.78 is 39.7. The van der Waals surface area contributed by atoms with Crippen molar-refractivity contribution < 1.29 is 17.9 Å². The molecule has 3 aromatic carbocycles. The van der Waals surface area contributed by atoms with Gasteiger partial charge in [-0.1, -0.05) is 36.4 Å². The Balaban J connectivity index is 1.51. The molecule has 0 spiro atoms. The van der Waals surface area contributed by atoms with E-state index in [4.69, 9.17) is 9.47 Å². The molecule has 0 amide bonds. The van der Waals surface area contributed by atoms with Gasteiger partial charge in [-0.05, 0) is 53.4 Å². The molecule has 0 unspecified atom stereocenters. The molecule has 1 fully saturated rings. The summed E-state index contributed by atoms with van der Waals surface area (Å²) in [6.45, 7) is 1.58. The van der Waals surface area contributed by atoms with Gasteiger partial charge < -0.3 is 9.47 Å². The lowest BCUT2D eigenvalue weighted by atomic mass is 10.0. The third-order valence-corrected chi connectivity index (χ3v) is 7.39. The van der Waals surface area contributed by atoms with Gasteiger partial charge in [0.2, 0.25) is 10.0 Å². The molecule has 6 heteroatoms. The Kier molecular flexibility index (Phi) is 4.25. The minimum Gasteiger partial charge on any atom is -0.486 e. The van der Waals surface area contributed by atoms with Crippen molar-refractivity contribution in [2.45, 2.75) is 23.8 Å². The van der Waals surface area contributed by atoms with Crippen molar-refractivity contribution >= 4 is 20.8 Å². The minimum atomic E-state index is -3.59. The molecule has 0 bridgehead atoms. The second-order valence-electron chi connectivity index (χ2n) is 7.19. The SMILES string of the molecule is O=S(=O)(c1ccc2ccccc2c1)N1CCC[C@H]1c1ccc2c(c1)OCCO2. The van der Waals surface area contributed by atoms with Gasteiger partial charge >= 0.3 is 0 Å². The zero-order valence-corrected chi connectivity index (χ0v) is 16.2. The van der Waals surface area contributed by atoms with Crippen molar-refractivity contribution in [3.05, 3.63) is 66.2 Å². The van der Waals surface area contributed by atoms with Crippen LogP contribution in [0.2, 0.25) is 0 Å². The summed E-state index contributed by atoms with van der Waals surface area (Å²) >= 11 is 0. The van der Waals surface area contributed by atoms with E-state index in [1.165, 1.54) is 0 Å². The number of hydrogen-bond acceptors (Lipinski definition) is 4. The van der Waals surface area contributed by atoms with E-state index in [9.17, 15) is 8.42 Å². The van der Waals surface area contributed by atoms with Gasteiger partial charge in [0.05, 0.1) is 10.9 Å². The van der Waals surface area contributed by atoms with Crippen LogP contribution >= 0.6 is 0 Å². The van der Waals surface area contributed by atoms with Gasteiger partial charge in [0, 0.05) is 6.54 Å². The molecule has 144 valence electrons. The van der Waals surface area contributed by atoms with Crippen LogP contribution in [0.15, 0.2) is 65.6 Å². The highest BCUT2D eigenvalue weighted by Crippen LogP contribution is 2.40. The Morgan fingerprint density at radius 1 is 0.857 bits per heavy atom. The fourth-order valence-electron chi connectivity index (χ4n) is 4.09. The average molecular weight is 395 g/mol. The van der Waals surface area contributed by atoms with Crippen LogP contribution in [0.25, 0.3) is 10.8 Å². The first-order chi connectivity index (χ1) is 13.6. The molecule has 0 aromatic heterocycles. The number of hydrogen-bond donors (Lipinski definition) is 0. The number of benzene rings is 3. The summed E-state index contributed by atoms with van der Waals surface area (Å²) in [5.41, 5.74) is 0.950. The monoisotopic (exact) mass is 395 g/mol. The van der Waals surface area contributed by atoms with Crippen LogP contribution in [-0.2, 0) is 10.0 Å². The van der Waals surface area contributed by atoms with E-state index in [1.807, 2.05) is 48.5 Å². The predicted molar refractivity (Wildman–Crippen MR) is 107 cm³/mol. The Morgan fingerprint density at radius 3 is 2.50 bits per heavy atom. The topological polar surface area (TPSA) is 55.8 Å². The average Bonchev–Trinajstić information content (AvgIpc) is 3.24. The Morgan fingerprint density at radius 2 is 1.64 bits per heavy atom. The molecule has 0 radical (unpaired) electrons. The smallest absolute Gasteiger partial charge is 0.243 e. The van der Waals surface area contributed by atoms with Crippen LogP contribution in [0.5, 0.6) is 11.5 Å². The predicted octanol–water partition coefficient (Wildman–Crippen LogP) is 4.14. The van der Waals surface area contributed by atoms with Gasteiger partial charge in [-0.15, -0.1) is 0 Å². The summed E-state index contributed by atoms with van der Waals surface area (Å²) in [6.07, 6.45) is 1.64. The second-order valence-corrected chi connectivity index (χ2v) is 9.08. The molecule has 5 rings (SSSR count). The number of rotatable bonds is 3. The maximum Gasteiger partial charge on any atom is 0.243 e. The Hall–Kier alpha value is -2.57. The summed E-state index contributed by atoms with van der Waals surface area (Å²) in [5, 5.41) is 1.96. The standard InChI is InChI=1S/C22H21NO4S/c24-28(25,19-9-7-16-4-1-2-5-17(16)14-19)23-11-3-6-20(23)18-8-10-21-22(15-18)27-13-12-26-21/h1-2,4-5,7-10,14-15,20H,3,6,11-13H2/t20-/m0/s1.